The van der Waals surface area contributed by atoms with Crippen LogP contribution in [0, 0.1) is 109 Å². The van der Waals surface area contributed by atoms with Crippen LogP contribution >= 0.6 is 0 Å². The van der Waals surface area contributed by atoms with Gasteiger partial charge in [0.15, 0.2) is 0 Å². The molecule has 0 aliphatic rings. The Bertz CT molecular complexity index is 1190. The van der Waals surface area contributed by atoms with E-state index in [0.717, 1.165) is 0 Å². The standard InChI is InChI=1S/2C10H14.2C9H11.2Y/c2*1-7-5-8(2)10(4)9(3)6-7;2*1-7-4-5-8(2)9(3)6-7;;/h2*5-6H,1-4H3;2*4,6H,1-3H3;;/q;;2*-1;;. The minimum Gasteiger partial charge on any atom is -0.180 e. The van der Waals surface area contributed by atoms with Crippen LogP contribution < -0.4 is 0 Å². The van der Waals surface area contributed by atoms with E-state index in [0.29, 0.717) is 0 Å². The minimum atomic E-state index is 0. The number of hydrogen-bond acceptors (Lipinski definition) is 0. The van der Waals surface area contributed by atoms with Crippen LogP contribution in [-0.4, -0.2) is 0 Å². The molecule has 4 aromatic carbocycles. The summed E-state index contributed by atoms with van der Waals surface area (Å²) < 4.78 is 0. The van der Waals surface area contributed by atoms with Crippen LogP contribution in [0.25, 0.3) is 0 Å². The summed E-state index contributed by atoms with van der Waals surface area (Å²) in [6, 6.07) is 23.6. The molecule has 210 valence electrons. The second-order valence-corrected chi connectivity index (χ2v) is 11.0. The van der Waals surface area contributed by atoms with Crippen molar-refractivity contribution in [3.05, 3.63) is 139 Å². The molecule has 0 saturated heterocycles. The smallest absolute Gasteiger partial charge is 0 e. The van der Waals surface area contributed by atoms with Gasteiger partial charge in [-0.1, -0.05) is 76.9 Å². The molecule has 0 atom stereocenters. The molecule has 0 spiro atoms. The maximum absolute atomic E-state index is 3.17. The molecule has 0 nitrogen and oxygen atoms in total. The maximum Gasteiger partial charge on any atom is 0 e. The van der Waals surface area contributed by atoms with E-state index in [1.165, 1.54) is 77.9 Å². The van der Waals surface area contributed by atoms with E-state index >= 15 is 0 Å². The van der Waals surface area contributed by atoms with E-state index in [2.05, 4.69) is 145 Å². The van der Waals surface area contributed by atoms with Crippen LogP contribution in [0.4, 0.5) is 0 Å². The Labute approximate surface area is 297 Å². The summed E-state index contributed by atoms with van der Waals surface area (Å²) >= 11 is 0. The van der Waals surface area contributed by atoms with Gasteiger partial charge in [-0.25, -0.2) is 0 Å². The summed E-state index contributed by atoms with van der Waals surface area (Å²) in [6.45, 7) is 29.8. The molecular weight excluding hydrogens is 634 g/mol. The van der Waals surface area contributed by atoms with E-state index in [-0.39, 0.29) is 65.4 Å². The second-order valence-electron chi connectivity index (χ2n) is 11.0. The third-order valence-electron chi connectivity index (χ3n) is 7.25. The molecule has 40 heavy (non-hydrogen) atoms. The van der Waals surface area contributed by atoms with Crippen molar-refractivity contribution in [3.8, 4) is 0 Å². The van der Waals surface area contributed by atoms with Gasteiger partial charge in [-0.05, 0) is 88.8 Å². The second kappa shape index (κ2) is 20.1. The van der Waals surface area contributed by atoms with Gasteiger partial charge in [0.2, 0.25) is 0 Å². The Morgan fingerprint density at radius 1 is 0.325 bits per heavy atom. The van der Waals surface area contributed by atoms with Gasteiger partial charge in [-0.15, -0.1) is 0 Å². The molecule has 0 aromatic heterocycles. The first kappa shape index (κ1) is 41.2. The van der Waals surface area contributed by atoms with Crippen LogP contribution in [-0.2, 0) is 65.4 Å². The van der Waals surface area contributed by atoms with Gasteiger partial charge >= 0.3 is 0 Å². The molecule has 0 unspecified atom stereocenters. The number of aryl methyl sites for hydroxylation is 12. The van der Waals surface area contributed by atoms with E-state index in [1.54, 1.807) is 0 Å². The molecule has 0 heterocycles. The molecule has 2 radical (unpaired) electrons. The van der Waals surface area contributed by atoms with E-state index in [1.807, 2.05) is 12.1 Å². The zero-order chi connectivity index (χ0) is 29.2. The Hall–Kier alpha value is -0.912. The van der Waals surface area contributed by atoms with Gasteiger partial charge in [0.25, 0.3) is 0 Å². The molecule has 0 saturated carbocycles. The summed E-state index contributed by atoms with van der Waals surface area (Å²) in [5.41, 5.74) is 18.9. The van der Waals surface area contributed by atoms with Gasteiger partial charge in [-0.2, -0.15) is 69.8 Å². The van der Waals surface area contributed by atoms with Crippen LogP contribution in [0.3, 0.4) is 0 Å². The average molecular weight is 685 g/mol. The van der Waals surface area contributed by atoms with E-state index < -0.39 is 0 Å². The van der Waals surface area contributed by atoms with Crippen molar-refractivity contribution in [2.24, 2.45) is 0 Å². The molecule has 0 fully saturated rings. The summed E-state index contributed by atoms with van der Waals surface area (Å²) in [5, 5.41) is 0. The summed E-state index contributed by atoms with van der Waals surface area (Å²) in [5.74, 6) is 0. The predicted molar refractivity (Wildman–Crippen MR) is 170 cm³/mol. The molecule has 0 aliphatic carbocycles. The molecule has 0 bridgehead atoms. The zero-order valence-corrected chi connectivity index (χ0v) is 33.5. The van der Waals surface area contributed by atoms with Crippen molar-refractivity contribution in [1.82, 2.24) is 0 Å². The summed E-state index contributed by atoms with van der Waals surface area (Å²) in [4.78, 5) is 0. The Kier molecular flexibility index (Phi) is 20.7. The SMILES string of the molecule is Cc1c[c-]c(C)c(C)c1.Cc1c[c-]c(C)c(C)c1.Cc1cc(C)c(C)c(C)c1.Cc1cc(C)c(C)c(C)c1.[Y].[Y]. The number of hydrogen-bond donors (Lipinski definition) is 0. The van der Waals surface area contributed by atoms with Crippen molar-refractivity contribution in [2.45, 2.75) is 96.9 Å². The minimum absolute atomic E-state index is 0. The molecule has 4 aromatic rings. The fourth-order valence-electron chi connectivity index (χ4n) is 4.16. The molecule has 0 amide bonds. The van der Waals surface area contributed by atoms with E-state index in [9.17, 15) is 0 Å². The Morgan fingerprint density at radius 3 is 0.750 bits per heavy atom. The fourth-order valence-corrected chi connectivity index (χ4v) is 4.16. The molecular formula is C38H50Y2-2. The average Bonchev–Trinajstić information content (AvgIpc) is 2.82. The maximum atomic E-state index is 3.17. The third-order valence-corrected chi connectivity index (χ3v) is 7.25. The largest absolute Gasteiger partial charge is 0.180 e. The quantitative estimate of drug-likeness (QED) is 0.162. The van der Waals surface area contributed by atoms with Crippen molar-refractivity contribution in [2.75, 3.05) is 0 Å². The van der Waals surface area contributed by atoms with Crippen molar-refractivity contribution < 1.29 is 65.4 Å². The Balaban J connectivity index is 0. The molecule has 4 rings (SSSR count). The van der Waals surface area contributed by atoms with Gasteiger partial charge in [0.1, 0.15) is 0 Å². The molecule has 2 heteroatoms. The first-order valence-electron chi connectivity index (χ1n) is 13.6. The topological polar surface area (TPSA) is 0 Å². The van der Waals surface area contributed by atoms with Crippen molar-refractivity contribution >= 4 is 0 Å². The van der Waals surface area contributed by atoms with Crippen LogP contribution in [0.15, 0.2) is 48.5 Å². The number of rotatable bonds is 0. The first-order chi connectivity index (χ1) is 17.6. The molecule has 0 N–H and O–H groups in total. The zero-order valence-electron chi connectivity index (χ0n) is 27.8. The molecule has 0 aliphatic heterocycles. The van der Waals surface area contributed by atoms with Gasteiger partial charge in [0.05, 0.1) is 0 Å². The van der Waals surface area contributed by atoms with Gasteiger partial charge < -0.3 is 0 Å². The van der Waals surface area contributed by atoms with Crippen LogP contribution in [0.2, 0.25) is 0 Å². The van der Waals surface area contributed by atoms with Gasteiger partial charge in [-0.3, -0.25) is 0 Å². The fraction of sp³-hybridized carbons (Fsp3) is 0.368. The predicted octanol–water partition coefficient (Wildman–Crippen LogP) is 10.7. The normalized spacial score (nSPS) is 9.35. The third kappa shape index (κ3) is 14.8. The van der Waals surface area contributed by atoms with Gasteiger partial charge in [0, 0.05) is 65.4 Å². The van der Waals surface area contributed by atoms with Crippen LogP contribution in [0.1, 0.15) is 77.9 Å². The van der Waals surface area contributed by atoms with Crippen molar-refractivity contribution in [1.29, 1.82) is 0 Å². The summed E-state index contributed by atoms with van der Waals surface area (Å²) in [6.07, 6.45) is 0. The first-order valence-corrected chi connectivity index (χ1v) is 13.6. The monoisotopic (exact) mass is 684 g/mol. The summed E-state index contributed by atoms with van der Waals surface area (Å²) in [7, 11) is 0. The Morgan fingerprint density at radius 2 is 0.550 bits per heavy atom. The van der Waals surface area contributed by atoms with Crippen LogP contribution in [0.5, 0.6) is 0 Å². The van der Waals surface area contributed by atoms with E-state index in [4.69, 9.17) is 0 Å². The van der Waals surface area contributed by atoms with Crippen molar-refractivity contribution in [3.63, 3.8) is 0 Å². The number of benzene rings is 4.